The van der Waals surface area contributed by atoms with Crippen LogP contribution >= 0.6 is 0 Å². The SMILES string of the molecule is CC(C)(c1ccc(Oc2ccc(N=[N+]=N)cc2)cc1)c1ccc(Oc2ccc(NNN)cc2)cc1. The predicted molar refractivity (Wildman–Crippen MR) is 136 cm³/mol. The molecule has 0 unspecified atom stereocenters. The van der Waals surface area contributed by atoms with Crippen LogP contribution in [0.2, 0.25) is 0 Å². The van der Waals surface area contributed by atoms with Gasteiger partial charge >= 0.3 is 0 Å². The van der Waals surface area contributed by atoms with Gasteiger partial charge in [0.2, 0.25) is 4.91 Å². The number of hydrazine groups is 2. The van der Waals surface area contributed by atoms with E-state index in [1.807, 2.05) is 48.5 Å². The van der Waals surface area contributed by atoms with Gasteiger partial charge in [0.15, 0.2) is 10.8 Å². The molecule has 0 fully saturated rings. The Bertz CT molecular complexity index is 1300. The summed E-state index contributed by atoms with van der Waals surface area (Å²) >= 11 is 0. The molecule has 4 rings (SSSR count). The van der Waals surface area contributed by atoms with Crippen LogP contribution in [0.1, 0.15) is 25.0 Å². The molecule has 0 saturated heterocycles. The van der Waals surface area contributed by atoms with Gasteiger partial charge in [0.1, 0.15) is 28.5 Å². The average Bonchev–Trinajstić information content (AvgIpc) is 2.87. The molecule has 8 nitrogen and oxygen atoms in total. The van der Waals surface area contributed by atoms with E-state index in [1.54, 1.807) is 24.3 Å². The molecule has 4 aromatic rings. The number of nitrogens with zero attached hydrogens (tertiary/aromatic N) is 2. The van der Waals surface area contributed by atoms with E-state index in [2.05, 4.69) is 59.1 Å². The first kappa shape index (κ1) is 23.7. The minimum absolute atomic E-state index is 0.206. The zero-order valence-electron chi connectivity index (χ0n) is 19.5. The highest BCUT2D eigenvalue weighted by molar-refractivity contribution is 5.47. The molecule has 0 bridgehead atoms. The van der Waals surface area contributed by atoms with Crippen LogP contribution in [0.25, 0.3) is 0 Å². The van der Waals surface area contributed by atoms with Crippen molar-refractivity contribution in [2.45, 2.75) is 19.3 Å². The minimum Gasteiger partial charge on any atom is -0.457 e. The quantitative estimate of drug-likeness (QED) is 0.0961. The van der Waals surface area contributed by atoms with Gasteiger partial charge in [0.05, 0.1) is 5.69 Å². The summed E-state index contributed by atoms with van der Waals surface area (Å²) in [4.78, 5) is 3.03. The first-order chi connectivity index (χ1) is 17.0. The Morgan fingerprint density at radius 2 is 1.09 bits per heavy atom. The highest BCUT2D eigenvalue weighted by atomic mass is 16.5. The Labute approximate surface area is 203 Å². The molecule has 0 aliphatic carbocycles. The summed E-state index contributed by atoms with van der Waals surface area (Å²) in [6.07, 6.45) is 0. The lowest BCUT2D eigenvalue weighted by atomic mass is 9.78. The van der Waals surface area contributed by atoms with Crippen molar-refractivity contribution in [3.63, 3.8) is 0 Å². The summed E-state index contributed by atoms with van der Waals surface area (Å²) in [5.41, 5.74) is 15.6. The van der Waals surface area contributed by atoms with Gasteiger partial charge in [-0.05, 0) is 83.9 Å². The van der Waals surface area contributed by atoms with Crippen molar-refractivity contribution < 1.29 is 9.47 Å². The van der Waals surface area contributed by atoms with Crippen molar-refractivity contribution in [2.75, 3.05) is 5.43 Å². The average molecular weight is 468 g/mol. The molecule has 5 N–H and O–H groups in total. The molecule has 0 aliphatic heterocycles. The van der Waals surface area contributed by atoms with Crippen LogP contribution in [0.3, 0.4) is 0 Å². The molecular weight excluding hydrogens is 440 g/mol. The molecule has 0 aromatic heterocycles. The zero-order chi connectivity index (χ0) is 24.7. The molecule has 176 valence electrons. The van der Waals surface area contributed by atoms with Crippen molar-refractivity contribution in [3.8, 4) is 23.0 Å². The van der Waals surface area contributed by atoms with Gasteiger partial charge in [-0.1, -0.05) is 38.1 Å². The molecule has 0 atom stereocenters. The third kappa shape index (κ3) is 5.90. The van der Waals surface area contributed by atoms with E-state index in [4.69, 9.17) is 20.8 Å². The Kier molecular flexibility index (Phi) is 7.18. The molecule has 0 aliphatic rings. The number of hydrogen-bond donors (Lipinski definition) is 4. The molecular formula is C27H27N6O2+. The normalized spacial score (nSPS) is 10.8. The second-order valence-corrected chi connectivity index (χ2v) is 8.37. The zero-order valence-corrected chi connectivity index (χ0v) is 19.5. The van der Waals surface area contributed by atoms with E-state index in [1.165, 1.54) is 11.1 Å². The Morgan fingerprint density at radius 3 is 1.49 bits per heavy atom. The van der Waals surface area contributed by atoms with Gasteiger partial charge in [0.25, 0.3) is 0 Å². The maximum Gasteiger partial charge on any atom is 0.220 e. The standard InChI is InChI=1S/C27H26N6O2/c1-27(2,19-3-11-23(12-4-19)34-25-15-7-21(8-16-25)30-32-28)20-5-13-24(14-6-20)35-26-17-9-22(10-18-26)31-33-29/h3-18H,1-2H3,(H4,28,29,30,31)/p+1. The van der Waals surface area contributed by atoms with Crippen molar-refractivity contribution in [1.29, 1.82) is 5.53 Å². The summed E-state index contributed by atoms with van der Waals surface area (Å²) < 4.78 is 11.9. The number of hydrogen-bond acceptors (Lipinski definition) is 7. The van der Waals surface area contributed by atoms with Crippen molar-refractivity contribution >= 4 is 11.4 Å². The number of rotatable bonds is 9. The molecule has 35 heavy (non-hydrogen) atoms. The van der Waals surface area contributed by atoms with Gasteiger partial charge in [-0.15, -0.1) is 0 Å². The smallest absolute Gasteiger partial charge is 0.220 e. The first-order valence-corrected chi connectivity index (χ1v) is 11.0. The number of benzene rings is 4. The summed E-state index contributed by atoms with van der Waals surface area (Å²) in [5.74, 6) is 8.20. The summed E-state index contributed by atoms with van der Waals surface area (Å²) in [5, 5.41) is 3.68. The highest BCUT2D eigenvalue weighted by Crippen LogP contribution is 2.35. The van der Waals surface area contributed by atoms with Crippen LogP contribution in [-0.4, -0.2) is 0 Å². The van der Waals surface area contributed by atoms with Crippen LogP contribution < -0.4 is 31.2 Å². The van der Waals surface area contributed by atoms with Crippen molar-refractivity contribution in [1.82, 2.24) is 10.4 Å². The van der Waals surface area contributed by atoms with E-state index in [0.717, 1.165) is 22.9 Å². The second kappa shape index (κ2) is 10.6. The topological polar surface area (TPSA) is 119 Å². The van der Waals surface area contributed by atoms with Gasteiger partial charge < -0.3 is 14.9 Å². The molecule has 4 aromatic carbocycles. The van der Waals surface area contributed by atoms with Crippen LogP contribution in [0.15, 0.2) is 102 Å². The lowest BCUT2D eigenvalue weighted by molar-refractivity contribution is 0.481. The van der Waals surface area contributed by atoms with E-state index in [9.17, 15) is 0 Å². The first-order valence-electron chi connectivity index (χ1n) is 11.0. The fourth-order valence-corrected chi connectivity index (χ4v) is 3.65. The third-order valence-corrected chi connectivity index (χ3v) is 5.70. The fourth-order valence-electron chi connectivity index (χ4n) is 3.65. The van der Waals surface area contributed by atoms with Gasteiger partial charge in [-0.2, -0.15) is 5.53 Å². The number of nitrogens with two attached hydrogens (primary N) is 1. The van der Waals surface area contributed by atoms with Crippen LogP contribution in [0.4, 0.5) is 11.4 Å². The molecule has 0 saturated carbocycles. The summed E-state index contributed by atoms with van der Waals surface area (Å²) in [7, 11) is 0. The maximum atomic E-state index is 6.79. The van der Waals surface area contributed by atoms with E-state index >= 15 is 0 Å². The summed E-state index contributed by atoms with van der Waals surface area (Å²) in [6.45, 7) is 4.38. The van der Waals surface area contributed by atoms with E-state index in [-0.39, 0.29) is 5.41 Å². The molecule has 0 heterocycles. The van der Waals surface area contributed by atoms with Gasteiger partial charge in [-0.3, -0.25) is 5.84 Å². The van der Waals surface area contributed by atoms with Gasteiger partial charge in [-0.25, -0.2) is 0 Å². The van der Waals surface area contributed by atoms with Crippen molar-refractivity contribution in [2.24, 2.45) is 11.0 Å². The number of anilines is 1. The lowest BCUT2D eigenvalue weighted by Crippen LogP contribution is -2.28. The Morgan fingerprint density at radius 1 is 0.686 bits per heavy atom. The second-order valence-electron chi connectivity index (χ2n) is 8.37. The highest BCUT2D eigenvalue weighted by Gasteiger charge is 2.23. The molecule has 0 radical (unpaired) electrons. The summed E-state index contributed by atoms with van der Waals surface area (Å²) in [6, 6.07) is 30.8. The van der Waals surface area contributed by atoms with Crippen LogP contribution in [0.5, 0.6) is 23.0 Å². The maximum absolute atomic E-state index is 6.79. The lowest BCUT2D eigenvalue weighted by Gasteiger charge is -2.26. The largest absolute Gasteiger partial charge is 0.457 e. The Balaban J connectivity index is 1.42. The third-order valence-electron chi connectivity index (χ3n) is 5.70. The van der Waals surface area contributed by atoms with Crippen LogP contribution in [-0.2, 0) is 5.41 Å². The number of nitrogens with one attached hydrogen (secondary N) is 3. The number of ether oxygens (including phenoxy) is 2. The fraction of sp³-hybridized carbons (Fsp3) is 0.111. The van der Waals surface area contributed by atoms with Gasteiger partial charge in [0, 0.05) is 5.41 Å². The molecule has 0 spiro atoms. The van der Waals surface area contributed by atoms with Crippen molar-refractivity contribution in [3.05, 3.63) is 108 Å². The molecule has 8 heteroatoms. The van der Waals surface area contributed by atoms with E-state index < -0.39 is 0 Å². The minimum atomic E-state index is -0.206. The van der Waals surface area contributed by atoms with E-state index in [0.29, 0.717) is 11.4 Å². The van der Waals surface area contributed by atoms with Crippen LogP contribution in [0, 0.1) is 5.53 Å². The Hall–Kier alpha value is -4.49. The predicted octanol–water partition coefficient (Wildman–Crippen LogP) is 6.57. The molecule has 0 amide bonds. The monoisotopic (exact) mass is 467 g/mol.